The maximum absolute atomic E-state index is 10.5. The van der Waals surface area contributed by atoms with Crippen molar-refractivity contribution in [2.45, 2.75) is 36.9 Å². The summed E-state index contributed by atoms with van der Waals surface area (Å²) in [7, 11) is 1.46. The van der Waals surface area contributed by atoms with Gasteiger partial charge in [0.1, 0.15) is 49.5 Å². The molecular formula is C22H25ClO8. The van der Waals surface area contributed by atoms with Gasteiger partial charge in [0.2, 0.25) is 0 Å². The van der Waals surface area contributed by atoms with Gasteiger partial charge in [0.25, 0.3) is 0 Å². The molecule has 2 aromatic carbocycles. The summed E-state index contributed by atoms with van der Waals surface area (Å²) in [4.78, 5) is 0. The molecule has 168 valence electrons. The molecule has 0 bridgehead atoms. The topological polar surface area (TPSA) is 118 Å². The van der Waals surface area contributed by atoms with E-state index in [4.69, 9.17) is 30.5 Å². The molecule has 0 unspecified atom stereocenters. The second-order valence-corrected chi connectivity index (χ2v) is 8.00. The Labute approximate surface area is 184 Å². The second kappa shape index (κ2) is 9.20. The summed E-state index contributed by atoms with van der Waals surface area (Å²) in [5, 5.41) is 40.7. The molecule has 9 heteroatoms. The molecule has 1 saturated heterocycles. The summed E-state index contributed by atoms with van der Waals surface area (Å²) in [6.45, 7) is 0.488. The summed E-state index contributed by atoms with van der Waals surface area (Å²) in [5.74, 6) is 1.72. The SMILES string of the molecule is COc1cc(Cl)c(Cc2ccc3c(c2)OCCO3)cc1[C@@H]1O[C@H](CO)[C@@H](O)[C@H](O)[C@H]1O. The molecule has 5 atom stereocenters. The molecule has 0 amide bonds. The average molecular weight is 453 g/mol. The van der Waals surface area contributed by atoms with Gasteiger partial charge in [-0.15, -0.1) is 0 Å². The second-order valence-electron chi connectivity index (χ2n) is 7.59. The molecule has 0 spiro atoms. The van der Waals surface area contributed by atoms with Gasteiger partial charge < -0.3 is 39.4 Å². The van der Waals surface area contributed by atoms with Crippen LogP contribution < -0.4 is 14.2 Å². The molecule has 0 aromatic heterocycles. The normalized spacial score (nSPS) is 27.7. The fraction of sp³-hybridized carbons (Fsp3) is 0.455. The minimum absolute atomic E-state index is 0.361. The fourth-order valence-corrected chi connectivity index (χ4v) is 4.15. The third-order valence-electron chi connectivity index (χ3n) is 5.60. The molecule has 2 aromatic rings. The maximum atomic E-state index is 10.5. The first kappa shape index (κ1) is 22.1. The van der Waals surface area contributed by atoms with Crippen LogP contribution in [0.3, 0.4) is 0 Å². The highest BCUT2D eigenvalue weighted by Crippen LogP contribution is 2.40. The van der Waals surface area contributed by atoms with Gasteiger partial charge in [-0.1, -0.05) is 17.7 Å². The minimum atomic E-state index is -1.49. The van der Waals surface area contributed by atoms with E-state index in [1.54, 1.807) is 12.1 Å². The summed E-state index contributed by atoms with van der Waals surface area (Å²) >= 11 is 6.49. The van der Waals surface area contributed by atoms with Gasteiger partial charge in [-0.05, 0) is 41.8 Å². The van der Waals surface area contributed by atoms with Crippen molar-refractivity contribution in [3.63, 3.8) is 0 Å². The Balaban J connectivity index is 1.67. The van der Waals surface area contributed by atoms with E-state index >= 15 is 0 Å². The fourth-order valence-electron chi connectivity index (χ4n) is 3.93. The third-order valence-corrected chi connectivity index (χ3v) is 5.95. The van der Waals surface area contributed by atoms with Crippen LogP contribution in [0.2, 0.25) is 5.02 Å². The minimum Gasteiger partial charge on any atom is -0.496 e. The summed E-state index contributed by atoms with van der Waals surface area (Å²) in [5.41, 5.74) is 2.14. The predicted molar refractivity (Wildman–Crippen MR) is 111 cm³/mol. The Hall–Kier alpha value is -2.07. The molecule has 0 radical (unpaired) electrons. The number of aliphatic hydroxyl groups is 4. The van der Waals surface area contributed by atoms with E-state index in [1.807, 2.05) is 18.2 Å². The quantitative estimate of drug-likeness (QED) is 0.535. The molecule has 31 heavy (non-hydrogen) atoms. The van der Waals surface area contributed by atoms with Crippen LogP contribution >= 0.6 is 11.6 Å². The zero-order valence-electron chi connectivity index (χ0n) is 16.9. The van der Waals surface area contributed by atoms with Gasteiger partial charge in [0, 0.05) is 10.6 Å². The Kier molecular flexibility index (Phi) is 6.57. The Morgan fingerprint density at radius 3 is 2.45 bits per heavy atom. The van der Waals surface area contributed by atoms with Crippen molar-refractivity contribution in [2.24, 2.45) is 0 Å². The zero-order chi connectivity index (χ0) is 22.1. The van der Waals surface area contributed by atoms with Gasteiger partial charge in [-0.3, -0.25) is 0 Å². The molecule has 2 heterocycles. The van der Waals surface area contributed by atoms with Crippen molar-refractivity contribution in [1.29, 1.82) is 0 Å². The van der Waals surface area contributed by atoms with Crippen LogP contribution in [0.4, 0.5) is 0 Å². The van der Waals surface area contributed by atoms with Gasteiger partial charge in [0.05, 0.1) is 13.7 Å². The lowest BCUT2D eigenvalue weighted by atomic mass is 9.89. The van der Waals surface area contributed by atoms with E-state index in [2.05, 4.69) is 0 Å². The number of rotatable bonds is 5. The lowest BCUT2D eigenvalue weighted by molar-refractivity contribution is -0.232. The molecule has 4 rings (SSSR count). The molecule has 2 aliphatic rings. The Morgan fingerprint density at radius 1 is 1.00 bits per heavy atom. The van der Waals surface area contributed by atoms with Crippen molar-refractivity contribution < 1.29 is 39.4 Å². The lowest BCUT2D eigenvalue weighted by Gasteiger charge is -2.40. The number of benzene rings is 2. The Morgan fingerprint density at radius 2 is 1.74 bits per heavy atom. The molecule has 2 aliphatic heterocycles. The number of hydrogen-bond acceptors (Lipinski definition) is 8. The first-order chi connectivity index (χ1) is 14.9. The average Bonchev–Trinajstić information content (AvgIpc) is 2.79. The van der Waals surface area contributed by atoms with E-state index in [0.29, 0.717) is 47.5 Å². The van der Waals surface area contributed by atoms with Crippen LogP contribution in [-0.4, -0.2) is 71.8 Å². The Bertz CT molecular complexity index is 934. The molecule has 1 fully saturated rings. The van der Waals surface area contributed by atoms with Crippen molar-refractivity contribution in [3.05, 3.63) is 52.0 Å². The highest BCUT2D eigenvalue weighted by Gasteiger charge is 2.45. The number of fused-ring (bicyclic) bond motifs is 1. The van der Waals surface area contributed by atoms with Crippen LogP contribution in [-0.2, 0) is 11.2 Å². The molecule has 0 aliphatic carbocycles. The lowest BCUT2D eigenvalue weighted by Crippen LogP contribution is -2.55. The van der Waals surface area contributed by atoms with Crippen LogP contribution in [0.1, 0.15) is 22.8 Å². The predicted octanol–water partition coefficient (Wildman–Crippen LogP) is 1.23. The number of methoxy groups -OCH3 is 1. The van der Waals surface area contributed by atoms with Crippen molar-refractivity contribution in [2.75, 3.05) is 26.9 Å². The molecule has 0 saturated carbocycles. The number of hydrogen-bond donors (Lipinski definition) is 4. The van der Waals surface area contributed by atoms with E-state index in [0.717, 1.165) is 11.1 Å². The van der Waals surface area contributed by atoms with Crippen LogP contribution in [0, 0.1) is 0 Å². The zero-order valence-corrected chi connectivity index (χ0v) is 17.7. The smallest absolute Gasteiger partial charge is 0.161 e. The molecule has 4 N–H and O–H groups in total. The first-order valence-electron chi connectivity index (χ1n) is 9.98. The van der Waals surface area contributed by atoms with Gasteiger partial charge >= 0.3 is 0 Å². The molecular weight excluding hydrogens is 428 g/mol. The van der Waals surface area contributed by atoms with Crippen molar-refractivity contribution >= 4 is 11.6 Å². The van der Waals surface area contributed by atoms with Crippen LogP contribution in [0.5, 0.6) is 17.2 Å². The third kappa shape index (κ3) is 4.32. The van der Waals surface area contributed by atoms with E-state index < -0.39 is 37.1 Å². The first-order valence-corrected chi connectivity index (χ1v) is 10.4. The van der Waals surface area contributed by atoms with Gasteiger partial charge in [-0.2, -0.15) is 0 Å². The summed E-state index contributed by atoms with van der Waals surface area (Å²) in [6.07, 6.45) is -5.93. The largest absolute Gasteiger partial charge is 0.496 e. The van der Waals surface area contributed by atoms with Crippen LogP contribution in [0.25, 0.3) is 0 Å². The van der Waals surface area contributed by atoms with Gasteiger partial charge in [0.15, 0.2) is 11.5 Å². The number of halogens is 1. The maximum Gasteiger partial charge on any atom is 0.161 e. The standard InChI is InChI=1S/C22H25ClO8/c1-28-16-9-14(23)12(6-11-2-3-15-17(7-11)30-5-4-29-15)8-13(16)22-21(27)20(26)19(25)18(10-24)31-22/h2-3,7-9,18-22,24-27H,4-6,10H2,1H3/t18-,19-,20+,21-,22+/m1/s1. The van der Waals surface area contributed by atoms with E-state index in [9.17, 15) is 20.4 Å². The van der Waals surface area contributed by atoms with E-state index in [1.165, 1.54) is 7.11 Å². The highest BCUT2D eigenvalue weighted by molar-refractivity contribution is 6.31. The van der Waals surface area contributed by atoms with E-state index in [-0.39, 0.29) is 0 Å². The van der Waals surface area contributed by atoms with Crippen LogP contribution in [0.15, 0.2) is 30.3 Å². The number of aliphatic hydroxyl groups excluding tert-OH is 4. The summed E-state index contributed by atoms with van der Waals surface area (Å²) in [6, 6.07) is 9.01. The molecule has 8 nitrogen and oxygen atoms in total. The monoisotopic (exact) mass is 452 g/mol. The number of ether oxygens (including phenoxy) is 4. The van der Waals surface area contributed by atoms with Crippen molar-refractivity contribution in [3.8, 4) is 17.2 Å². The summed E-state index contributed by atoms with van der Waals surface area (Å²) < 4.78 is 22.3. The van der Waals surface area contributed by atoms with Gasteiger partial charge in [-0.25, -0.2) is 0 Å². The van der Waals surface area contributed by atoms with Crippen molar-refractivity contribution in [1.82, 2.24) is 0 Å². The highest BCUT2D eigenvalue weighted by atomic mass is 35.5.